The molecule has 1 aliphatic carbocycles. The normalized spacial score (nSPS) is 15.0. The van der Waals surface area contributed by atoms with Crippen LogP contribution in [0.15, 0.2) is 23.2 Å². The summed E-state index contributed by atoms with van der Waals surface area (Å²) >= 11 is 0. The number of methoxy groups -OCH3 is 2. The first-order valence-electron chi connectivity index (χ1n) is 8.10. The molecule has 24 heavy (non-hydrogen) atoms. The largest absolute Gasteiger partial charge is 0.493 e. The van der Waals surface area contributed by atoms with Gasteiger partial charge in [-0.25, -0.2) is 4.99 Å². The Kier molecular flexibility index (Phi) is 9.85. The monoisotopic (exact) mass is 449 g/mol. The van der Waals surface area contributed by atoms with Gasteiger partial charge < -0.3 is 25.3 Å². The molecule has 7 heteroatoms. The lowest BCUT2D eigenvalue weighted by Gasteiger charge is -2.18. The van der Waals surface area contributed by atoms with Gasteiger partial charge in [0, 0.05) is 19.2 Å². The number of benzene rings is 1. The van der Waals surface area contributed by atoms with Gasteiger partial charge in [-0.3, -0.25) is 0 Å². The van der Waals surface area contributed by atoms with E-state index in [1.165, 1.54) is 12.8 Å². The fourth-order valence-corrected chi connectivity index (χ4v) is 2.66. The van der Waals surface area contributed by atoms with E-state index in [-0.39, 0.29) is 30.1 Å². The van der Waals surface area contributed by atoms with Crippen molar-refractivity contribution in [2.45, 2.75) is 38.3 Å². The third kappa shape index (κ3) is 6.35. The summed E-state index contributed by atoms with van der Waals surface area (Å²) in [6.45, 7) is 1.67. The molecule has 0 spiro atoms. The van der Waals surface area contributed by atoms with E-state index in [9.17, 15) is 0 Å². The van der Waals surface area contributed by atoms with Crippen molar-refractivity contribution >= 4 is 29.9 Å². The van der Waals surface area contributed by atoms with Crippen molar-refractivity contribution < 1.29 is 14.2 Å². The second-order valence-corrected chi connectivity index (χ2v) is 5.59. The number of hydrogen-bond donors (Lipinski definition) is 2. The molecule has 1 aliphatic rings. The minimum absolute atomic E-state index is 0. The van der Waals surface area contributed by atoms with Gasteiger partial charge in [0.2, 0.25) is 0 Å². The molecule has 1 aromatic carbocycles. The second kappa shape index (κ2) is 11.4. The predicted molar refractivity (Wildman–Crippen MR) is 106 cm³/mol. The molecular formula is C17H28IN3O3. The van der Waals surface area contributed by atoms with Crippen molar-refractivity contribution in [2.75, 3.05) is 27.4 Å². The summed E-state index contributed by atoms with van der Waals surface area (Å²) in [6, 6.07) is 5.86. The van der Waals surface area contributed by atoms with E-state index < -0.39 is 0 Å². The summed E-state index contributed by atoms with van der Waals surface area (Å²) in [6.07, 6.45) is 4.92. The molecule has 0 aliphatic heterocycles. The van der Waals surface area contributed by atoms with E-state index in [0.29, 0.717) is 25.7 Å². The molecule has 1 fully saturated rings. The quantitative estimate of drug-likeness (QED) is 0.276. The Morgan fingerprint density at radius 2 is 2.04 bits per heavy atom. The van der Waals surface area contributed by atoms with Crippen LogP contribution in [0.3, 0.4) is 0 Å². The van der Waals surface area contributed by atoms with Crippen LogP contribution in [0.2, 0.25) is 0 Å². The van der Waals surface area contributed by atoms with Crippen LogP contribution in [0.4, 0.5) is 0 Å². The first-order chi connectivity index (χ1) is 11.2. The van der Waals surface area contributed by atoms with Gasteiger partial charge in [-0.1, -0.05) is 12.1 Å². The highest BCUT2D eigenvalue weighted by molar-refractivity contribution is 14.0. The van der Waals surface area contributed by atoms with Gasteiger partial charge in [0.25, 0.3) is 0 Å². The molecule has 0 unspecified atom stereocenters. The molecule has 0 amide bonds. The predicted octanol–water partition coefficient (Wildman–Crippen LogP) is 2.69. The summed E-state index contributed by atoms with van der Waals surface area (Å²) in [5.74, 6) is 1.93. The van der Waals surface area contributed by atoms with Crippen LogP contribution in [0, 0.1) is 0 Å². The SMILES string of the molecule is COCCNC(N)=NCc1cccc(OC)c1OC1CCCC1.I. The number of rotatable bonds is 8. The zero-order valence-electron chi connectivity index (χ0n) is 14.4. The minimum atomic E-state index is 0. The van der Waals surface area contributed by atoms with E-state index in [1.54, 1.807) is 14.2 Å². The van der Waals surface area contributed by atoms with E-state index in [2.05, 4.69) is 10.3 Å². The van der Waals surface area contributed by atoms with Gasteiger partial charge in [-0.15, -0.1) is 24.0 Å². The zero-order chi connectivity index (χ0) is 16.5. The van der Waals surface area contributed by atoms with Crippen molar-refractivity contribution in [3.63, 3.8) is 0 Å². The highest BCUT2D eigenvalue weighted by atomic mass is 127. The van der Waals surface area contributed by atoms with Gasteiger partial charge >= 0.3 is 0 Å². The van der Waals surface area contributed by atoms with E-state index >= 15 is 0 Å². The van der Waals surface area contributed by atoms with Crippen LogP contribution in [-0.4, -0.2) is 39.4 Å². The Bertz CT molecular complexity index is 520. The topological polar surface area (TPSA) is 78.1 Å². The summed E-state index contributed by atoms with van der Waals surface area (Å²) in [5.41, 5.74) is 6.84. The number of nitrogens with one attached hydrogen (secondary N) is 1. The Balaban J connectivity index is 0.00000288. The number of nitrogens with zero attached hydrogens (tertiary/aromatic N) is 1. The number of halogens is 1. The lowest BCUT2D eigenvalue weighted by molar-refractivity contribution is 0.198. The van der Waals surface area contributed by atoms with E-state index in [4.69, 9.17) is 19.9 Å². The highest BCUT2D eigenvalue weighted by Crippen LogP contribution is 2.35. The summed E-state index contributed by atoms with van der Waals surface area (Å²) < 4.78 is 16.6. The van der Waals surface area contributed by atoms with Gasteiger partial charge in [0.1, 0.15) is 0 Å². The fourth-order valence-electron chi connectivity index (χ4n) is 2.66. The summed E-state index contributed by atoms with van der Waals surface area (Å²) in [7, 11) is 3.31. The first-order valence-corrected chi connectivity index (χ1v) is 8.10. The average Bonchev–Trinajstić information content (AvgIpc) is 3.07. The molecule has 136 valence electrons. The van der Waals surface area contributed by atoms with Crippen molar-refractivity contribution in [1.82, 2.24) is 5.32 Å². The van der Waals surface area contributed by atoms with Gasteiger partial charge in [-0.05, 0) is 31.7 Å². The number of guanidine groups is 1. The molecule has 0 aromatic heterocycles. The van der Waals surface area contributed by atoms with Crippen LogP contribution in [-0.2, 0) is 11.3 Å². The van der Waals surface area contributed by atoms with Crippen molar-refractivity contribution in [3.8, 4) is 11.5 Å². The average molecular weight is 449 g/mol. The second-order valence-electron chi connectivity index (χ2n) is 5.59. The number of hydrogen-bond acceptors (Lipinski definition) is 4. The maximum absolute atomic E-state index is 6.18. The molecule has 0 heterocycles. The van der Waals surface area contributed by atoms with Gasteiger partial charge in [0.15, 0.2) is 17.5 Å². The third-order valence-corrected chi connectivity index (χ3v) is 3.90. The molecule has 0 atom stereocenters. The van der Waals surface area contributed by atoms with Crippen LogP contribution in [0.5, 0.6) is 11.5 Å². The Morgan fingerprint density at radius 3 is 2.71 bits per heavy atom. The third-order valence-electron chi connectivity index (χ3n) is 3.90. The number of para-hydroxylation sites is 1. The Morgan fingerprint density at radius 1 is 1.29 bits per heavy atom. The number of aliphatic imine (C=N–C) groups is 1. The summed E-state index contributed by atoms with van der Waals surface area (Å²) in [5, 5.41) is 3.01. The van der Waals surface area contributed by atoms with Gasteiger partial charge in [-0.2, -0.15) is 0 Å². The van der Waals surface area contributed by atoms with Crippen LogP contribution in [0.1, 0.15) is 31.2 Å². The fraction of sp³-hybridized carbons (Fsp3) is 0.588. The van der Waals surface area contributed by atoms with Crippen molar-refractivity contribution in [2.24, 2.45) is 10.7 Å². The van der Waals surface area contributed by atoms with Crippen LogP contribution < -0.4 is 20.5 Å². The molecule has 1 saturated carbocycles. The van der Waals surface area contributed by atoms with E-state index in [0.717, 1.165) is 29.9 Å². The molecular weight excluding hydrogens is 421 g/mol. The summed E-state index contributed by atoms with van der Waals surface area (Å²) in [4.78, 5) is 4.37. The molecule has 2 rings (SSSR count). The van der Waals surface area contributed by atoms with E-state index in [1.807, 2.05) is 18.2 Å². The minimum Gasteiger partial charge on any atom is -0.493 e. The molecule has 1 aromatic rings. The number of ether oxygens (including phenoxy) is 3. The lowest BCUT2D eigenvalue weighted by Crippen LogP contribution is -2.34. The molecule has 3 N–H and O–H groups in total. The lowest BCUT2D eigenvalue weighted by atomic mass is 10.1. The molecule has 0 saturated heterocycles. The Labute approximate surface area is 161 Å². The van der Waals surface area contributed by atoms with Crippen molar-refractivity contribution in [1.29, 1.82) is 0 Å². The Hall–Kier alpha value is -1.22. The maximum atomic E-state index is 6.18. The smallest absolute Gasteiger partial charge is 0.189 e. The van der Waals surface area contributed by atoms with Crippen LogP contribution in [0.25, 0.3) is 0 Å². The zero-order valence-corrected chi connectivity index (χ0v) is 16.7. The maximum Gasteiger partial charge on any atom is 0.189 e. The van der Waals surface area contributed by atoms with Gasteiger partial charge in [0.05, 0.1) is 26.4 Å². The molecule has 6 nitrogen and oxygen atoms in total. The van der Waals surface area contributed by atoms with Crippen molar-refractivity contribution in [3.05, 3.63) is 23.8 Å². The molecule has 0 radical (unpaired) electrons. The first kappa shape index (κ1) is 20.8. The number of nitrogens with two attached hydrogens (primary N) is 1. The standard InChI is InChI=1S/C17H27N3O3.HI/c1-21-11-10-19-17(18)20-12-13-6-5-9-15(22-2)16(13)23-14-7-3-4-8-14;/h5-6,9,14H,3-4,7-8,10-12H2,1-2H3,(H3,18,19,20);1H. The van der Waals surface area contributed by atoms with Crippen LogP contribution >= 0.6 is 24.0 Å². The molecule has 0 bridgehead atoms. The highest BCUT2D eigenvalue weighted by Gasteiger charge is 2.20.